The molecule has 1 rings (SSSR count). The molecule has 0 amide bonds. The lowest BCUT2D eigenvalue weighted by atomic mass is 10.2. The average Bonchev–Trinajstić information content (AvgIpc) is 2.30. The largest absolute Gasteiger partial charge is 0.543 e. The van der Waals surface area contributed by atoms with Gasteiger partial charge in [0.15, 0.2) is 0 Å². The number of anilines is 1. The molecule has 0 aliphatic heterocycles. The molecular weight excluding hydrogens is 204 g/mol. The Balaban J connectivity index is 2.61. The highest BCUT2D eigenvalue weighted by Crippen LogP contribution is 2.05. The lowest BCUT2D eigenvalue weighted by Gasteiger charge is -2.07. The Labute approximate surface area is 95.0 Å². The smallest absolute Gasteiger partial charge is 0.0876 e. The number of hydrogen-bond acceptors (Lipinski definition) is 4. The van der Waals surface area contributed by atoms with Crippen molar-refractivity contribution in [1.29, 1.82) is 0 Å². The molecule has 1 aromatic rings. The molecule has 0 aromatic heterocycles. The van der Waals surface area contributed by atoms with Crippen LogP contribution in [0.3, 0.4) is 0 Å². The zero-order chi connectivity index (χ0) is 11.8. The summed E-state index contributed by atoms with van der Waals surface area (Å²) in [7, 11) is 0. The van der Waals surface area contributed by atoms with E-state index in [1.54, 1.807) is 0 Å². The topological polar surface area (TPSA) is 64.5 Å². The van der Waals surface area contributed by atoms with Crippen LogP contribution in [0.4, 0.5) is 5.69 Å². The Morgan fingerprint density at radius 3 is 2.62 bits per heavy atom. The van der Waals surface area contributed by atoms with Crippen molar-refractivity contribution >= 4 is 17.4 Å². The molecule has 0 radical (unpaired) electrons. The third-order valence-corrected chi connectivity index (χ3v) is 2.10. The molecule has 0 atom stereocenters. The van der Waals surface area contributed by atoms with Gasteiger partial charge in [-0.15, -0.1) is 0 Å². The van der Waals surface area contributed by atoms with E-state index in [9.17, 15) is 9.90 Å². The summed E-state index contributed by atoms with van der Waals surface area (Å²) in [6, 6.07) is 9.21. The van der Waals surface area contributed by atoms with Crippen LogP contribution in [-0.4, -0.2) is 11.7 Å². The Hall–Kier alpha value is -1.84. The minimum atomic E-state index is -1.21. The molecule has 86 valence electrons. The van der Waals surface area contributed by atoms with Gasteiger partial charge in [0.2, 0.25) is 0 Å². The fraction of sp³-hybridized carbons (Fsp3) is 0.333. The Kier molecular flexibility index (Phi) is 5.05. The van der Waals surface area contributed by atoms with E-state index in [0.29, 0.717) is 6.42 Å². The van der Waals surface area contributed by atoms with Crippen LogP contribution in [0.5, 0.6) is 0 Å². The van der Waals surface area contributed by atoms with Crippen LogP contribution in [0.15, 0.2) is 35.4 Å². The normalized spacial score (nSPS) is 11.2. The predicted molar refractivity (Wildman–Crippen MR) is 62.0 cm³/mol. The number of aliphatic carboxylic acids is 1. The number of carbonyl (C=O) groups excluding carboxylic acids is 1. The van der Waals surface area contributed by atoms with Crippen LogP contribution < -0.4 is 10.5 Å². The summed E-state index contributed by atoms with van der Waals surface area (Å²) in [5.41, 5.74) is 3.52. The predicted octanol–water partition coefficient (Wildman–Crippen LogP) is 1.39. The van der Waals surface area contributed by atoms with Gasteiger partial charge in [0.05, 0.1) is 17.4 Å². The molecular formula is C12H15N2O2-. The van der Waals surface area contributed by atoms with Crippen LogP contribution >= 0.6 is 0 Å². The maximum absolute atomic E-state index is 10.7. The minimum absolute atomic E-state index is 0.0608. The van der Waals surface area contributed by atoms with Crippen molar-refractivity contribution in [3.8, 4) is 0 Å². The van der Waals surface area contributed by atoms with Crippen LogP contribution in [0.1, 0.15) is 26.2 Å². The van der Waals surface area contributed by atoms with Gasteiger partial charge in [-0.25, -0.2) is 0 Å². The molecule has 0 fully saturated rings. The van der Waals surface area contributed by atoms with E-state index in [-0.39, 0.29) is 5.71 Å². The summed E-state index contributed by atoms with van der Waals surface area (Å²) in [6.45, 7) is 2.00. The number of carboxylic acid groups (broad SMARTS) is 1. The van der Waals surface area contributed by atoms with Gasteiger partial charge in [-0.3, -0.25) is 5.43 Å². The van der Waals surface area contributed by atoms with Gasteiger partial charge in [0.25, 0.3) is 0 Å². The first-order valence-corrected chi connectivity index (χ1v) is 5.33. The van der Waals surface area contributed by atoms with Gasteiger partial charge in [0.1, 0.15) is 0 Å². The molecule has 0 aliphatic rings. The molecule has 0 unspecified atom stereocenters. The number of hydrazone groups is 1. The SMILES string of the molecule is CCCCC(=NNc1ccccc1)C(=O)[O-]. The van der Waals surface area contributed by atoms with Gasteiger partial charge >= 0.3 is 0 Å². The lowest BCUT2D eigenvalue weighted by Crippen LogP contribution is -2.32. The van der Waals surface area contributed by atoms with Gasteiger partial charge in [-0.1, -0.05) is 31.5 Å². The van der Waals surface area contributed by atoms with Crippen molar-refractivity contribution in [1.82, 2.24) is 0 Å². The number of para-hydroxylation sites is 1. The van der Waals surface area contributed by atoms with Crippen molar-refractivity contribution in [2.45, 2.75) is 26.2 Å². The summed E-state index contributed by atoms with van der Waals surface area (Å²) < 4.78 is 0. The fourth-order valence-electron chi connectivity index (χ4n) is 1.19. The monoisotopic (exact) mass is 219 g/mol. The molecule has 0 heterocycles. The molecule has 16 heavy (non-hydrogen) atoms. The van der Waals surface area contributed by atoms with Crippen LogP contribution in [0, 0.1) is 0 Å². The third-order valence-electron chi connectivity index (χ3n) is 2.10. The molecule has 4 heteroatoms. The van der Waals surface area contributed by atoms with E-state index in [2.05, 4.69) is 10.5 Å². The highest BCUT2D eigenvalue weighted by molar-refractivity contribution is 6.34. The molecule has 0 saturated heterocycles. The quantitative estimate of drug-likeness (QED) is 0.581. The van der Waals surface area contributed by atoms with Crippen molar-refractivity contribution in [2.75, 3.05) is 5.43 Å². The van der Waals surface area contributed by atoms with Gasteiger partial charge in [0, 0.05) is 0 Å². The first-order valence-electron chi connectivity index (χ1n) is 5.33. The molecule has 0 bridgehead atoms. The van der Waals surface area contributed by atoms with Crippen molar-refractivity contribution in [3.05, 3.63) is 30.3 Å². The summed E-state index contributed by atoms with van der Waals surface area (Å²) in [4.78, 5) is 10.7. The molecule has 0 spiro atoms. The first kappa shape index (κ1) is 12.2. The van der Waals surface area contributed by atoms with Crippen LogP contribution in [0.2, 0.25) is 0 Å². The van der Waals surface area contributed by atoms with E-state index in [4.69, 9.17) is 0 Å². The maximum atomic E-state index is 10.7. The highest BCUT2D eigenvalue weighted by Gasteiger charge is 1.99. The third kappa shape index (κ3) is 4.13. The van der Waals surface area contributed by atoms with Gasteiger partial charge in [-0.05, 0) is 25.0 Å². The van der Waals surface area contributed by atoms with Gasteiger partial charge < -0.3 is 9.90 Å². The summed E-state index contributed by atoms with van der Waals surface area (Å²) in [6.07, 6.45) is 2.15. The number of benzene rings is 1. The van der Waals surface area contributed by atoms with Gasteiger partial charge in [-0.2, -0.15) is 5.10 Å². The number of carboxylic acids is 1. The van der Waals surface area contributed by atoms with E-state index in [1.807, 2.05) is 37.3 Å². The van der Waals surface area contributed by atoms with Crippen LogP contribution in [0.25, 0.3) is 0 Å². The highest BCUT2D eigenvalue weighted by atomic mass is 16.4. The molecule has 0 saturated carbocycles. The van der Waals surface area contributed by atoms with Crippen molar-refractivity contribution in [2.24, 2.45) is 5.10 Å². The van der Waals surface area contributed by atoms with Crippen molar-refractivity contribution < 1.29 is 9.90 Å². The number of carbonyl (C=O) groups is 1. The molecule has 0 aliphatic carbocycles. The zero-order valence-corrected chi connectivity index (χ0v) is 9.27. The fourth-order valence-corrected chi connectivity index (χ4v) is 1.19. The summed E-state index contributed by atoms with van der Waals surface area (Å²) in [5, 5.41) is 14.6. The second-order valence-corrected chi connectivity index (χ2v) is 3.43. The molecule has 1 N–H and O–H groups in total. The molecule has 1 aromatic carbocycles. The van der Waals surface area contributed by atoms with Crippen molar-refractivity contribution in [3.63, 3.8) is 0 Å². The van der Waals surface area contributed by atoms with E-state index in [0.717, 1.165) is 18.5 Å². The average molecular weight is 219 g/mol. The summed E-state index contributed by atoms with van der Waals surface area (Å²) in [5.74, 6) is -1.21. The number of rotatable bonds is 6. The second kappa shape index (κ2) is 6.61. The number of unbranched alkanes of at least 4 members (excludes halogenated alkanes) is 1. The Morgan fingerprint density at radius 1 is 1.38 bits per heavy atom. The van der Waals surface area contributed by atoms with E-state index in [1.165, 1.54) is 0 Å². The van der Waals surface area contributed by atoms with E-state index < -0.39 is 5.97 Å². The standard InChI is InChI=1S/C12H16N2O2/c1-2-3-9-11(12(15)16)14-13-10-7-5-4-6-8-10/h4-8,13H,2-3,9H2,1H3,(H,15,16)/p-1. The number of nitrogens with zero attached hydrogens (tertiary/aromatic N) is 1. The maximum Gasteiger partial charge on any atom is 0.0876 e. The number of nitrogens with one attached hydrogen (secondary N) is 1. The van der Waals surface area contributed by atoms with E-state index >= 15 is 0 Å². The Bertz CT molecular complexity index is 361. The Morgan fingerprint density at radius 2 is 2.06 bits per heavy atom. The zero-order valence-electron chi connectivity index (χ0n) is 9.27. The summed E-state index contributed by atoms with van der Waals surface area (Å²) >= 11 is 0. The second-order valence-electron chi connectivity index (χ2n) is 3.43. The number of hydrogen-bond donors (Lipinski definition) is 1. The molecule has 4 nitrogen and oxygen atoms in total. The minimum Gasteiger partial charge on any atom is -0.543 e. The van der Waals surface area contributed by atoms with Crippen LogP contribution in [-0.2, 0) is 4.79 Å². The first-order chi connectivity index (χ1) is 7.74. The lowest BCUT2D eigenvalue weighted by molar-refractivity contribution is -0.294.